The third-order valence-corrected chi connectivity index (χ3v) is 6.12. The molecule has 1 fully saturated rings. The molecule has 1 amide bonds. The topological polar surface area (TPSA) is 52.6 Å². The Morgan fingerprint density at radius 3 is 2.77 bits per heavy atom. The molecule has 1 heterocycles. The summed E-state index contributed by atoms with van der Waals surface area (Å²) < 4.78 is 14.5. The Kier molecular flexibility index (Phi) is 6.65. The first kappa shape index (κ1) is 19.3. The number of halogens is 1. The maximum absolute atomic E-state index is 14.5. The van der Waals surface area contributed by atoms with Crippen LogP contribution in [0.2, 0.25) is 0 Å². The van der Waals surface area contributed by atoms with E-state index in [0.717, 1.165) is 31.0 Å². The summed E-state index contributed by atoms with van der Waals surface area (Å²) in [5, 5.41) is 8.76. The molecule has 0 bridgehead atoms. The quantitative estimate of drug-likeness (QED) is 0.623. The molecule has 4 nitrogen and oxygen atoms in total. The molecule has 0 radical (unpaired) electrons. The zero-order valence-corrected chi connectivity index (χ0v) is 15.8. The summed E-state index contributed by atoms with van der Waals surface area (Å²) in [6.45, 7) is 4.95. The normalized spacial score (nSPS) is 24.9. The van der Waals surface area contributed by atoms with E-state index in [1.165, 1.54) is 51.0 Å². The van der Waals surface area contributed by atoms with E-state index in [1.807, 2.05) is 0 Å². The Hall–Kier alpha value is -1.46. The van der Waals surface area contributed by atoms with Gasteiger partial charge in [-0.15, -0.1) is 0 Å². The smallest absolute Gasteiger partial charge is 0.274 e. The van der Waals surface area contributed by atoms with E-state index >= 15 is 0 Å². The minimum absolute atomic E-state index is 0.183. The molecule has 1 aliphatic carbocycles. The molecule has 1 aromatic carbocycles. The van der Waals surface area contributed by atoms with E-state index < -0.39 is 5.91 Å². The largest absolute Gasteiger partial charge is 0.298 e. The first-order chi connectivity index (χ1) is 12.6. The van der Waals surface area contributed by atoms with Crippen LogP contribution in [0, 0.1) is 17.7 Å². The van der Waals surface area contributed by atoms with Crippen LogP contribution in [0.15, 0.2) is 12.1 Å². The van der Waals surface area contributed by atoms with Crippen molar-refractivity contribution in [1.82, 2.24) is 10.4 Å². The molecule has 0 spiro atoms. The molecule has 1 saturated carbocycles. The summed E-state index contributed by atoms with van der Waals surface area (Å²) in [4.78, 5) is 13.9. The SMILES string of the molecule is CC1CCCCC(CN2CCc3cc(C(=O)NO)cc(F)c3C2)CCC1. The predicted molar refractivity (Wildman–Crippen MR) is 99.6 cm³/mol. The molecule has 3 rings (SSSR count). The van der Waals surface area contributed by atoms with Gasteiger partial charge in [-0.3, -0.25) is 14.9 Å². The first-order valence-corrected chi connectivity index (χ1v) is 10.0. The molecule has 2 unspecified atom stereocenters. The number of benzene rings is 1. The second-order valence-corrected chi connectivity index (χ2v) is 8.21. The van der Waals surface area contributed by atoms with Crippen LogP contribution >= 0.6 is 0 Å². The number of nitrogens with one attached hydrogen (secondary N) is 1. The van der Waals surface area contributed by atoms with Crippen LogP contribution in [0.4, 0.5) is 4.39 Å². The Labute approximate surface area is 155 Å². The minimum Gasteiger partial charge on any atom is -0.298 e. The average molecular weight is 362 g/mol. The lowest BCUT2D eigenvalue weighted by Crippen LogP contribution is -2.35. The summed E-state index contributed by atoms with van der Waals surface area (Å²) in [6.07, 6.45) is 9.98. The molecule has 26 heavy (non-hydrogen) atoms. The highest BCUT2D eigenvalue weighted by Crippen LogP contribution is 2.28. The van der Waals surface area contributed by atoms with Gasteiger partial charge in [0.1, 0.15) is 5.82 Å². The van der Waals surface area contributed by atoms with E-state index in [4.69, 9.17) is 5.21 Å². The number of fused-ring (bicyclic) bond motifs is 1. The lowest BCUT2D eigenvalue weighted by Gasteiger charge is -2.32. The highest BCUT2D eigenvalue weighted by molar-refractivity contribution is 5.93. The Bertz CT molecular complexity index is 635. The van der Waals surface area contributed by atoms with Crippen molar-refractivity contribution in [3.8, 4) is 0 Å². The lowest BCUT2D eigenvalue weighted by molar-refractivity contribution is 0.0705. The number of hydroxylamine groups is 1. The van der Waals surface area contributed by atoms with Gasteiger partial charge < -0.3 is 0 Å². The van der Waals surface area contributed by atoms with Crippen LogP contribution in [-0.2, 0) is 13.0 Å². The fourth-order valence-corrected chi connectivity index (χ4v) is 4.54. The highest BCUT2D eigenvalue weighted by Gasteiger charge is 2.24. The van der Waals surface area contributed by atoms with Crippen LogP contribution in [0.3, 0.4) is 0 Å². The summed E-state index contributed by atoms with van der Waals surface area (Å²) >= 11 is 0. The number of carbonyl (C=O) groups excluding carboxylic acids is 1. The van der Waals surface area contributed by atoms with Crippen LogP contribution in [0.1, 0.15) is 73.4 Å². The Morgan fingerprint density at radius 2 is 1.96 bits per heavy atom. The van der Waals surface area contributed by atoms with Gasteiger partial charge in [0.2, 0.25) is 0 Å². The molecule has 0 aromatic heterocycles. The summed E-state index contributed by atoms with van der Waals surface area (Å²) in [5.41, 5.74) is 3.37. The molecular weight excluding hydrogens is 331 g/mol. The standard InChI is InChI=1S/C21H31FN2O2/c1-15-5-2-3-7-16(8-4-6-15)13-24-10-9-17-11-18(21(25)23-26)12-20(22)19(17)14-24/h11-12,15-16,26H,2-10,13-14H2,1H3,(H,23,25). The van der Waals surface area contributed by atoms with Gasteiger partial charge in [0, 0.05) is 30.8 Å². The fourth-order valence-electron chi connectivity index (χ4n) is 4.54. The summed E-state index contributed by atoms with van der Waals surface area (Å²) in [6, 6.07) is 2.94. The number of amides is 1. The van der Waals surface area contributed by atoms with Gasteiger partial charge in [0.15, 0.2) is 0 Å². The molecule has 2 aliphatic rings. The maximum atomic E-state index is 14.5. The van der Waals surface area contributed by atoms with Crippen molar-refractivity contribution >= 4 is 5.91 Å². The lowest BCUT2D eigenvalue weighted by atomic mass is 9.92. The molecular formula is C21H31FN2O2. The Balaban J connectivity index is 1.63. The van der Waals surface area contributed by atoms with Gasteiger partial charge in [-0.1, -0.05) is 39.0 Å². The highest BCUT2D eigenvalue weighted by atomic mass is 19.1. The van der Waals surface area contributed by atoms with Gasteiger partial charge in [0.25, 0.3) is 5.91 Å². The van der Waals surface area contributed by atoms with Gasteiger partial charge in [-0.2, -0.15) is 0 Å². The average Bonchev–Trinajstić information content (AvgIpc) is 2.73. The van der Waals surface area contributed by atoms with Crippen molar-refractivity contribution in [3.63, 3.8) is 0 Å². The number of nitrogens with zero attached hydrogens (tertiary/aromatic N) is 1. The van der Waals surface area contributed by atoms with Crippen molar-refractivity contribution in [1.29, 1.82) is 0 Å². The van der Waals surface area contributed by atoms with Gasteiger partial charge in [0.05, 0.1) is 0 Å². The van der Waals surface area contributed by atoms with Gasteiger partial charge in [-0.05, 0) is 48.8 Å². The third-order valence-electron chi connectivity index (χ3n) is 6.12. The third kappa shape index (κ3) is 4.83. The zero-order valence-electron chi connectivity index (χ0n) is 15.8. The minimum atomic E-state index is -0.658. The Morgan fingerprint density at radius 1 is 1.23 bits per heavy atom. The molecule has 0 saturated heterocycles. The molecule has 1 aliphatic heterocycles. The summed E-state index contributed by atoms with van der Waals surface area (Å²) in [7, 11) is 0. The van der Waals surface area contributed by atoms with E-state index in [0.29, 0.717) is 18.0 Å². The van der Waals surface area contributed by atoms with E-state index in [1.54, 1.807) is 11.5 Å². The molecule has 2 N–H and O–H groups in total. The van der Waals surface area contributed by atoms with Crippen LogP contribution in [0.25, 0.3) is 0 Å². The van der Waals surface area contributed by atoms with Crippen molar-refractivity contribution in [2.45, 2.75) is 64.8 Å². The van der Waals surface area contributed by atoms with Crippen LogP contribution < -0.4 is 5.48 Å². The van der Waals surface area contributed by atoms with Crippen molar-refractivity contribution < 1.29 is 14.4 Å². The number of hydrogen-bond acceptors (Lipinski definition) is 3. The molecule has 144 valence electrons. The first-order valence-electron chi connectivity index (χ1n) is 10.0. The van der Waals surface area contributed by atoms with Crippen molar-refractivity contribution in [2.24, 2.45) is 11.8 Å². The molecule has 1 aromatic rings. The zero-order chi connectivity index (χ0) is 18.5. The number of hydrogen-bond donors (Lipinski definition) is 2. The van der Waals surface area contributed by atoms with E-state index in [9.17, 15) is 9.18 Å². The fraction of sp³-hybridized carbons (Fsp3) is 0.667. The molecule has 5 heteroatoms. The monoisotopic (exact) mass is 362 g/mol. The van der Waals surface area contributed by atoms with E-state index in [-0.39, 0.29) is 11.4 Å². The van der Waals surface area contributed by atoms with Crippen LogP contribution in [-0.4, -0.2) is 29.1 Å². The van der Waals surface area contributed by atoms with Gasteiger partial charge >= 0.3 is 0 Å². The molecule has 2 atom stereocenters. The van der Waals surface area contributed by atoms with E-state index in [2.05, 4.69) is 11.8 Å². The number of rotatable bonds is 3. The summed E-state index contributed by atoms with van der Waals surface area (Å²) in [5.74, 6) is 0.572. The van der Waals surface area contributed by atoms with Gasteiger partial charge in [-0.25, -0.2) is 9.87 Å². The number of carbonyl (C=O) groups is 1. The van der Waals surface area contributed by atoms with Crippen molar-refractivity contribution in [2.75, 3.05) is 13.1 Å². The maximum Gasteiger partial charge on any atom is 0.274 e. The second-order valence-electron chi connectivity index (χ2n) is 8.21. The second kappa shape index (κ2) is 8.96. The van der Waals surface area contributed by atoms with Crippen molar-refractivity contribution in [3.05, 3.63) is 34.6 Å². The van der Waals surface area contributed by atoms with Crippen LogP contribution in [0.5, 0.6) is 0 Å². The predicted octanol–water partition coefficient (Wildman–Crippen LogP) is 4.30.